The van der Waals surface area contributed by atoms with Crippen LogP contribution in [0.3, 0.4) is 0 Å². The summed E-state index contributed by atoms with van der Waals surface area (Å²) in [5.74, 6) is 0.989. The standard InChI is InChI=1S/C13H22N2O2/c1-13(2)10-14-8-11(5-6-16)15(13)9-12-4-3-7-17-12/h3-4,7,11,14,16H,5-6,8-10H2,1-2H3. The molecule has 1 aromatic heterocycles. The first-order chi connectivity index (χ1) is 8.13. The van der Waals surface area contributed by atoms with E-state index in [1.165, 1.54) is 0 Å². The van der Waals surface area contributed by atoms with Gasteiger partial charge in [0, 0.05) is 31.3 Å². The number of nitrogens with one attached hydrogen (secondary N) is 1. The van der Waals surface area contributed by atoms with Gasteiger partial charge in [0.05, 0.1) is 12.8 Å². The van der Waals surface area contributed by atoms with Gasteiger partial charge in [0.2, 0.25) is 0 Å². The monoisotopic (exact) mass is 238 g/mol. The number of nitrogens with zero attached hydrogens (tertiary/aromatic N) is 1. The summed E-state index contributed by atoms with van der Waals surface area (Å²) in [4.78, 5) is 2.43. The van der Waals surface area contributed by atoms with E-state index in [4.69, 9.17) is 9.52 Å². The molecule has 1 aliphatic rings. The van der Waals surface area contributed by atoms with Crippen LogP contribution in [0.5, 0.6) is 0 Å². The van der Waals surface area contributed by atoms with Crippen molar-refractivity contribution in [2.24, 2.45) is 0 Å². The summed E-state index contributed by atoms with van der Waals surface area (Å²) in [7, 11) is 0. The minimum Gasteiger partial charge on any atom is -0.468 e. The summed E-state index contributed by atoms with van der Waals surface area (Å²) in [5.41, 5.74) is 0.0882. The van der Waals surface area contributed by atoms with Crippen LogP contribution in [0.15, 0.2) is 22.8 Å². The normalized spacial score (nSPS) is 25.0. The van der Waals surface area contributed by atoms with Crippen LogP contribution in [0, 0.1) is 0 Å². The maximum atomic E-state index is 9.15. The highest BCUT2D eigenvalue weighted by molar-refractivity contribution is 5.02. The first-order valence-electron chi connectivity index (χ1n) is 6.24. The Hall–Kier alpha value is -0.840. The molecule has 2 rings (SSSR count). The molecule has 4 heteroatoms. The lowest BCUT2D eigenvalue weighted by Gasteiger charge is -2.47. The fraction of sp³-hybridized carbons (Fsp3) is 0.692. The van der Waals surface area contributed by atoms with Gasteiger partial charge in [0.25, 0.3) is 0 Å². The molecule has 2 heterocycles. The Labute approximate surface area is 103 Å². The Bertz CT molecular complexity index is 333. The van der Waals surface area contributed by atoms with Crippen molar-refractivity contribution in [2.45, 2.75) is 38.4 Å². The molecule has 4 nitrogen and oxygen atoms in total. The minimum atomic E-state index is 0.0882. The molecule has 17 heavy (non-hydrogen) atoms. The second-order valence-electron chi connectivity index (χ2n) is 5.32. The highest BCUT2D eigenvalue weighted by Gasteiger charge is 2.36. The molecule has 0 saturated carbocycles. The summed E-state index contributed by atoms with van der Waals surface area (Å²) >= 11 is 0. The molecule has 1 saturated heterocycles. The highest BCUT2D eigenvalue weighted by atomic mass is 16.3. The summed E-state index contributed by atoms with van der Waals surface area (Å²) in [6.45, 7) is 7.41. The minimum absolute atomic E-state index is 0.0882. The average Bonchev–Trinajstić information content (AvgIpc) is 2.76. The molecule has 1 fully saturated rings. The third-order valence-electron chi connectivity index (χ3n) is 3.52. The SMILES string of the molecule is CC1(C)CNCC(CCO)N1Cc1ccco1. The predicted octanol–water partition coefficient (Wildman–Crippen LogP) is 1.21. The van der Waals surface area contributed by atoms with E-state index in [0.717, 1.165) is 31.8 Å². The predicted molar refractivity (Wildman–Crippen MR) is 66.7 cm³/mol. The molecule has 1 unspecified atom stereocenters. The van der Waals surface area contributed by atoms with Gasteiger partial charge in [-0.05, 0) is 32.4 Å². The number of piperazine rings is 1. The third-order valence-corrected chi connectivity index (χ3v) is 3.52. The molecule has 0 bridgehead atoms. The van der Waals surface area contributed by atoms with Gasteiger partial charge in [-0.1, -0.05) is 0 Å². The molecular weight excluding hydrogens is 216 g/mol. The summed E-state index contributed by atoms with van der Waals surface area (Å²) in [6.07, 6.45) is 2.52. The van der Waals surface area contributed by atoms with Crippen LogP contribution in [0.25, 0.3) is 0 Å². The highest BCUT2D eigenvalue weighted by Crippen LogP contribution is 2.25. The lowest BCUT2D eigenvalue weighted by atomic mass is 9.94. The zero-order valence-electron chi connectivity index (χ0n) is 10.6. The lowest BCUT2D eigenvalue weighted by molar-refractivity contribution is 0.0128. The average molecular weight is 238 g/mol. The fourth-order valence-corrected chi connectivity index (χ4v) is 2.57. The molecule has 1 atom stereocenters. The van der Waals surface area contributed by atoms with Crippen LogP contribution in [-0.4, -0.2) is 41.3 Å². The molecule has 2 N–H and O–H groups in total. The van der Waals surface area contributed by atoms with Gasteiger partial charge in [-0.2, -0.15) is 0 Å². The van der Waals surface area contributed by atoms with Crippen molar-refractivity contribution in [2.75, 3.05) is 19.7 Å². The molecule has 0 aromatic carbocycles. The van der Waals surface area contributed by atoms with Gasteiger partial charge >= 0.3 is 0 Å². The largest absolute Gasteiger partial charge is 0.468 e. The van der Waals surface area contributed by atoms with E-state index in [2.05, 4.69) is 24.1 Å². The van der Waals surface area contributed by atoms with Crippen molar-refractivity contribution < 1.29 is 9.52 Å². The van der Waals surface area contributed by atoms with Gasteiger partial charge in [-0.25, -0.2) is 0 Å². The molecule has 0 spiro atoms. The van der Waals surface area contributed by atoms with E-state index < -0.39 is 0 Å². The lowest BCUT2D eigenvalue weighted by Crippen LogP contribution is -2.62. The fourth-order valence-electron chi connectivity index (χ4n) is 2.57. The van der Waals surface area contributed by atoms with E-state index in [1.807, 2.05) is 12.1 Å². The van der Waals surface area contributed by atoms with Crippen LogP contribution in [-0.2, 0) is 6.54 Å². The van der Waals surface area contributed by atoms with Crippen LogP contribution >= 0.6 is 0 Å². The molecule has 96 valence electrons. The zero-order valence-corrected chi connectivity index (χ0v) is 10.6. The Kier molecular flexibility index (Phi) is 3.86. The number of hydrogen-bond acceptors (Lipinski definition) is 4. The maximum absolute atomic E-state index is 9.15. The number of furan rings is 1. The number of aliphatic hydroxyl groups is 1. The van der Waals surface area contributed by atoms with Crippen LogP contribution < -0.4 is 5.32 Å². The van der Waals surface area contributed by atoms with Crippen molar-refractivity contribution in [3.05, 3.63) is 24.2 Å². The van der Waals surface area contributed by atoms with Crippen molar-refractivity contribution in [3.63, 3.8) is 0 Å². The van der Waals surface area contributed by atoms with Crippen LogP contribution in [0.4, 0.5) is 0 Å². The second-order valence-corrected chi connectivity index (χ2v) is 5.32. The Morgan fingerprint density at radius 2 is 2.41 bits per heavy atom. The smallest absolute Gasteiger partial charge is 0.117 e. The van der Waals surface area contributed by atoms with Crippen molar-refractivity contribution in [3.8, 4) is 0 Å². The summed E-state index contributed by atoms with van der Waals surface area (Å²) in [5, 5.41) is 12.6. The number of hydrogen-bond donors (Lipinski definition) is 2. The molecule has 0 aliphatic carbocycles. The Balaban J connectivity index is 2.11. The maximum Gasteiger partial charge on any atom is 0.117 e. The Morgan fingerprint density at radius 1 is 1.59 bits per heavy atom. The number of rotatable bonds is 4. The molecule has 1 aromatic rings. The summed E-state index contributed by atoms with van der Waals surface area (Å²) < 4.78 is 5.43. The quantitative estimate of drug-likeness (QED) is 0.828. The number of aliphatic hydroxyl groups excluding tert-OH is 1. The van der Waals surface area contributed by atoms with E-state index in [-0.39, 0.29) is 12.1 Å². The van der Waals surface area contributed by atoms with Gasteiger partial charge in [0.15, 0.2) is 0 Å². The van der Waals surface area contributed by atoms with E-state index >= 15 is 0 Å². The Morgan fingerprint density at radius 3 is 3.06 bits per heavy atom. The van der Waals surface area contributed by atoms with Crippen molar-refractivity contribution in [1.29, 1.82) is 0 Å². The second kappa shape index (κ2) is 5.21. The van der Waals surface area contributed by atoms with E-state index in [0.29, 0.717) is 6.04 Å². The van der Waals surface area contributed by atoms with Gasteiger partial charge in [-0.15, -0.1) is 0 Å². The van der Waals surface area contributed by atoms with Crippen molar-refractivity contribution in [1.82, 2.24) is 10.2 Å². The van der Waals surface area contributed by atoms with E-state index in [9.17, 15) is 0 Å². The zero-order chi connectivity index (χ0) is 12.3. The first kappa shape index (κ1) is 12.6. The van der Waals surface area contributed by atoms with Gasteiger partial charge < -0.3 is 14.8 Å². The van der Waals surface area contributed by atoms with Crippen molar-refractivity contribution >= 4 is 0 Å². The summed E-state index contributed by atoms with van der Waals surface area (Å²) in [6, 6.07) is 4.30. The third kappa shape index (κ3) is 2.89. The van der Waals surface area contributed by atoms with Gasteiger partial charge in [-0.3, -0.25) is 4.90 Å². The van der Waals surface area contributed by atoms with E-state index in [1.54, 1.807) is 6.26 Å². The van der Waals surface area contributed by atoms with Gasteiger partial charge in [0.1, 0.15) is 5.76 Å². The molecule has 0 amide bonds. The topological polar surface area (TPSA) is 48.6 Å². The molecule has 1 aliphatic heterocycles. The molecular formula is C13H22N2O2. The van der Waals surface area contributed by atoms with Crippen LogP contribution in [0.2, 0.25) is 0 Å². The first-order valence-corrected chi connectivity index (χ1v) is 6.24. The molecule has 0 radical (unpaired) electrons. The van der Waals surface area contributed by atoms with Crippen LogP contribution in [0.1, 0.15) is 26.0 Å².